The Bertz CT molecular complexity index is 658. The van der Waals surface area contributed by atoms with Gasteiger partial charge in [-0.2, -0.15) is 0 Å². The summed E-state index contributed by atoms with van der Waals surface area (Å²) in [7, 11) is 1.53. The molecule has 0 atom stereocenters. The molecule has 0 spiro atoms. The minimum atomic E-state index is -0.354. The van der Waals surface area contributed by atoms with E-state index >= 15 is 0 Å². The maximum Gasteiger partial charge on any atom is 0.256 e. The van der Waals surface area contributed by atoms with Crippen molar-refractivity contribution in [3.63, 3.8) is 0 Å². The number of halogens is 2. The van der Waals surface area contributed by atoms with Crippen molar-refractivity contribution in [3.05, 3.63) is 57.8 Å². The Morgan fingerprint density at radius 2 is 2.00 bits per heavy atom. The molecule has 0 saturated heterocycles. The average Bonchev–Trinajstić information content (AvgIpc) is 2.43. The van der Waals surface area contributed by atoms with Gasteiger partial charge in [-0.05, 0) is 58.7 Å². The molecule has 0 aliphatic heterocycles. The summed E-state index contributed by atoms with van der Waals surface area (Å²) >= 11 is 3.31. The van der Waals surface area contributed by atoms with Crippen molar-refractivity contribution in [3.8, 4) is 5.75 Å². The predicted molar refractivity (Wildman–Crippen MR) is 79.8 cm³/mol. The highest BCUT2D eigenvalue weighted by atomic mass is 79.9. The van der Waals surface area contributed by atoms with Crippen LogP contribution in [-0.4, -0.2) is 13.0 Å². The van der Waals surface area contributed by atoms with Gasteiger partial charge >= 0.3 is 0 Å². The fourth-order valence-corrected chi connectivity index (χ4v) is 2.10. The van der Waals surface area contributed by atoms with Crippen molar-refractivity contribution >= 4 is 27.5 Å². The highest BCUT2D eigenvalue weighted by Crippen LogP contribution is 2.24. The number of amides is 1. The van der Waals surface area contributed by atoms with Crippen LogP contribution in [0.5, 0.6) is 5.75 Å². The average molecular weight is 338 g/mol. The molecule has 2 rings (SSSR count). The van der Waals surface area contributed by atoms with E-state index in [4.69, 9.17) is 4.74 Å². The Morgan fingerprint density at radius 1 is 1.25 bits per heavy atom. The van der Waals surface area contributed by atoms with Crippen LogP contribution in [0.3, 0.4) is 0 Å². The van der Waals surface area contributed by atoms with Crippen LogP contribution < -0.4 is 10.1 Å². The molecule has 0 aromatic heterocycles. The largest absolute Gasteiger partial charge is 0.497 e. The molecule has 0 fully saturated rings. The molecule has 20 heavy (non-hydrogen) atoms. The molecular formula is C15H13BrFNO2. The highest BCUT2D eigenvalue weighted by Gasteiger charge is 2.12. The van der Waals surface area contributed by atoms with Gasteiger partial charge in [-0.1, -0.05) is 6.07 Å². The standard InChI is InChI=1S/C15H13BrFNO2/c1-9-3-4-10(7-14(9)17)18-15(19)12-8-11(20-2)5-6-13(12)16/h3-8H,1-2H3,(H,18,19). The minimum Gasteiger partial charge on any atom is -0.497 e. The maximum atomic E-state index is 13.4. The zero-order valence-corrected chi connectivity index (χ0v) is 12.6. The summed E-state index contributed by atoms with van der Waals surface area (Å²) in [5.41, 5.74) is 1.36. The molecule has 1 N–H and O–H groups in total. The number of anilines is 1. The monoisotopic (exact) mass is 337 g/mol. The Labute approximate surface area is 124 Å². The number of carbonyl (C=O) groups is 1. The van der Waals surface area contributed by atoms with Crippen molar-refractivity contribution in [2.75, 3.05) is 12.4 Å². The Balaban J connectivity index is 2.25. The zero-order valence-electron chi connectivity index (χ0n) is 11.0. The van der Waals surface area contributed by atoms with Crippen LogP contribution in [0.4, 0.5) is 10.1 Å². The summed E-state index contributed by atoms with van der Waals surface area (Å²) in [5, 5.41) is 2.65. The first-order chi connectivity index (χ1) is 9.51. The molecule has 0 bridgehead atoms. The minimum absolute atomic E-state index is 0.334. The van der Waals surface area contributed by atoms with Crippen molar-refractivity contribution < 1.29 is 13.9 Å². The third kappa shape index (κ3) is 3.17. The van der Waals surface area contributed by atoms with Crippen molar-refractivity contribution in [1.82, 2.24) is 0 Å². The van der Waals surface area contributed by atoms with E-state index in [0.29, 0.717) is 27.0 Å². The number of hydrogen-bond acceptors (Lipinski definition) is 2. The summed E-state index contributed by atoms with van der Waals surface area (Å²) in [4.78, 5) is 12.2. The SMILES string of the molecule is COc1ccc(Br)c(C(=O)Nc2ccc(C)c(F)c2)c1. The molecule has 0 saturated carbocycles. The molecule has 0 unspecified atom stereocenters. The Hall–Kier alpha value is -1.88. The molecule has 104 valence electrons. The summed E-state index contributed by atoms with van der Waals surface area (Å²) in [5.74, 6) is -0.111. The topological polar surface area (TPSA) is 38.3 Å². The van der Waals surface area contributed by atoms with E-state index < -0.39 is 0 Å². The number of nitrogens with one attached hydrogen (secondary N) is 1. The van der Waals surface area contributed by atoms with Crippen LogP contribution in [-0.2, 0) is 0 Å². The fraction of sp³-hybridized carbons (Fsp3) is 0.133. The van der Waals surface area contributed by atoms with E-state index in [0.717, 1.165) is 0 Å². The summed E-state index contributed by atoms with van der Waals surface area (Å²) < 4.78 is 19.2. The first-order valence-electron chi connectivity index (χ1n) is 5.92. The third-order valence-electron chi connectivity index (χ3n) is 2.85. The Kier molecular flexibility index (Phi) is 4.39. The molecule has 3 nitrogen and oxygen atoms in total. The second-order valence-electron chi connectivity index (χ2n) is 4.26. The van der Waals surface area contributed by atoms with E-state index in [2.05, 4.69) is 21.2 Å². The summed E-state index contributed by atoms with van der Waals surface area (Å²) in [6.07, 6.45) is 0. The first kappa shape index (κ1) is 14.5. The number of rotatable bonds is 3. The second kappa shape index (κ2) is 6.05. The molecule has 5 heteroatoms. The van der Waals surface area contributed by atoms with Crippen LogP contribution >= 0.6 is 15.9 Å². The number of carbonyl (C=O) groups excluding carboxylic acids is 1. The number of benzene rings is 2. The van der Waals surface area contributed by atoms with Gasteiger partial charge in [0.1, 0.15) is 11.6 Å². The van der Waals surface area contributed by atoms with E-state index in [-0.39, 0.29) is 11.7 Å². The van der Waals surface area contributed by atoms with Crippen LogP contribution in [0.2, 0.25) is 0 Å². The van der Waals surface area contributed by atoms with E-state index in [1.807, 2.05) is 0 Å². The highest BCUT2D eigenvalue weighted by molar-refractivity contribution is 9.10. The lowest BCUT2D eigenvalue weighted by Crippen LogP contribution is -2.13. The van der Waals surface area contributed by atoms with Crippen molar-refractivity contribution in [1.29, 1.82) is 0 Å². The molecule has 2 aromatic rings. The van der Waals surface area contributed by atoms with E-state index in [1.54, 1.807) is 37.3 Å². The number of methoxy groups -OCH3 is 1. The van der Waals surface area contributed by atoms with Gasteiger partial charge in [0.25, 0.3) is 5.91 Å². The molecular weight excluding hydrogens is 325 g/mol. The molecule has 0 aliphatic carbocycles. The quantitative estimate of drug-likeness (QED) is 0.913. The van der Waals surface area contributed by atoms with Gasteiger partial charge < -0.3 is 10.1 Å². The van der Waals surface area contributed by atoms with Crippen molar-refractivity contribution in [2.24, 2.45) is 0 Å². The van der Waals surface area contributed by atoms with Gasteiger partial charge in [0.05, 0.1) is 12.7 Å². The first-order valence-corrected chi connectivity index (χ1v) is 6.71. The number of hydrogen-bond donors (Lipinski definition) is 1. The van der Waals surface area contributed by atoms with Crippen LogP contribution in [0.15, 0.2) is 40.9 Å². The molecule has 2 aromatic carbocycles. The fourth-order valence-electron chi connectivity index (χ4n) is 1.67. The third-order valence-corrected chi connectivity index (χ3v) is 3.54. The lowest BCUT2D eigenvalue weighted by molar-refractivity contribution is 0.102. The van der Waals surface area contributed by atoms with Gasteiger partial charge in [0.2, 0.25) is 0 Å². The number of ether oxygens (including phenoxy) is 1. The summed E-state index contributed by atoms with van der Waals surface area (Å²) in [6.45, 7) is 1.67. The molecule has 0 radical (unpaired) electrons. The van der Waals surface area contributed by atoms with E-state index in [9.17, 15) is 9.18 Å². The van der Waals surface area contributed by atoms with Gasteiger partial charge in [0.15, 0.2) is 0 Å². The molecule has 0 aliphatic rings. The number of aryl methyl sites for hydroxylation is 1. The lowest BCUT2D eigenvalue weighted by Gasteiger charge is -2.09. The zero-order chi connectivity index (χ0) is 14.7. The Morgan fingerprint density at radius 3 is 2.65 bits per heavy atom. The van der Waals surface area contributed by atoms with Crippen LogP contribution in [0.25, 0.3) is 0 Å². The van der Waals surface area contributed by atoms with E-state index in [1.165, 1.54) is 13.2 Å². The van der Waals surface area contributed by atoms with Crippen LogP contribution in [0, 0.1) is 12.7 Å². The van der Waals surface area contributed by atoms with Gasteiger partial charge in [-0.25, -0.2) is 4.39 Å². The molecule has 1 amide bonds. The smallest absolute Gasteiger partial charge is 0.256 e. The van der Waals surface area contributed by atoms with Crippen LogP contribution in [0.1, 0.15) is 15.9 Å². The maximum absolute atomic E-state index is 13.4. The molecule has 0 heterocycles. The normalized spacial score (nSPS) is 10.2. The predicted octanol–water partition coefficient (Wildman–Crippen LogP) is 4.16. The van der Waals surface area contributed by atoms with Gasteiger partial charge in [-0.3, -0.25) is 4.79 Å². The lowest BCUT2D eigenvalue weighted by atomic mass is 10.1. The van der Waals surface area contributed by atoms with Gasteiger partial charge in [0, 0.05) is 10.2 Å². The van der Waals surface area contributed by atoms with Gasteiger partial charge in [-0.15, -0.1) is 0 Å². The second-order valence-corrected chi connectivity index (χ2v) is 5.12. The summed E-state index contributed by atoms with van der Waals surface area (Å²) in [6, 6.07) is 9.65. The van der Waals surface area contributed by atoms with Crippen molar-refractivity contribution in [2.45, 2.75) is 6.92 Å².